The lowest BCUT2D eigenvalue weighted by atomic mass is 9.99. The molecule has 0 saturated carbocycles. The van der Waals surface area contributed by atoms with Crippen molar-refractivity contribution in [3.05, 3.63) is 36.5 Å². The third kappa shape index (κ3) is 5.10. The van der Waals surface area contributed by atoms with E-state index in [1.165, 1.54) is 11.5 Å². The van der Waals surface area contributed by atoms with Crippen LogP contribution < -0.4 is 30.0 Å². The van der Waals surface area contributed by atoms with Gasteiger partial charge in [0.2, 0.25) is 11.7 Å². The van der Waals surface area contributed by atoms with E-state index < -0.39 is 6.04 Å². The fourth-order valence-electron chi connectivity index (χ4n) is 3.57. The molecule has 182 valence electrons. The second-order valence-corrected chi connectivity index (χ2v) is 8.60. The summed E-state index contributed by atoms with van der Waals surface area (Å²) in [5.74, 6) is 1.98. The predicted molar refractivity (Wildman–Crippen MR) is 135 cm³/mol. The molecule has 0 saturated heterocycles. The Morgan fingerprint density at radius 1 is 1.00 bits per heavy atom. The van der Waals surface area contributed by atoms with E-state index in [-0.39, 0.29) is 11.8 Å². The topological polar surface area (TPSA) is 105 Å². The van der Waals surface area contributed by atoms with Gasteiger partial charge >= 0.3 is 0 Å². The van der Waals surface area contributed by atoms with Gasteiger partial charge in [-0.1, -0.05) is 26.3 Å². The van der Waals surface area contributed by atoms with Crippen LogP contribution in [-0.4, -0.2) is 44.8 Å². The number of methoxy groups -OCH3 is 4. The van der Waals surface area contributed by atoms with Crippen molar-refractivity contribution in [1.82, 2.24) is 4.37 Å². The Morgan fingerprint density at radius 2 is 1.65 bits per heavy atom. The van der Waals surface area contributed by atoms with Gasteiger partial charge in [-0.3, -0.25) is 4.79 Å². The smallest absolute Gasteiger partial charge is 0.241 e. The molecule has 1 aromatic heterocycles. The van der Waals surface area contributed by atoms with E-state index in [2.05, 4.69) is 9.69 Å². The summed E-state index contributed by atoms with van der Waals surface area (Å²) in [6.07, 6.45) is 2.60. The minimum Gasteiger partial charge on any atom is -0.495 e. The van der Waals surface area contributed by atoms with Crippen molar-refractivity contribution in [3.8, 4) is 44.6 Å². The minimum atomic E-state index is -0.615. The maximum absolute atomic E-state index is 12.7. The highest BCUT2D eigenvalue weighted by molar-refractivity contribution is 7.10. The summed E-state index contributed by atoms with van der Waals surface area (Å²) in [5.41, 5.74) is 9.30. The summed E-state index contributed by atoms with van der Waals surface area (Å²) in [5, 5.41) is 2.93. The van der Waals surface area contributed by atoms with Crippen LogP contribution >= 0.6 is 11.5 Å². The highest BCUT2D eigenvalue weighted by Gasteiger charge is 2.22. The van der Waals surface area contributed by atoms with Crippen molar-refractivity contribution >= 4 is 23.1 Å². The third-order valence-corrected chi connectivity index (χ3v) is 6.67. The molecular weight excluding hydrogens is 454 g/mol. The van der Waals surface area contributed by atoms with Gasteiger partial charge in [0.1, 0.15) is 5.75 Å². The maximum Gasteiger partial charge on any atom is 0.241 e. The first-order valence-electron chi connectivity index (χ1n) is 10.9. The van der Waals surface area contributed by atoms with E-state index in [9.17, 15) is 4.79 Å². The van der Waals surface area contributed by atoms with Crippen molar-refractivity contribution < 1.29 is 23.7 Å². The number of carbonyl (C=O) groups excluding carboxylic acids is 1. The summed E-state index contributed by atoms with van der Waals surface area (Å²) in [6, 6.07) is 8.76. The molecule has 2 atom stereocenters. The Morgan fingerprint density at radius 3 is 2.21 bits per heavy atom. The molecule has 3 rings (SSSR count). The number of nitrogens with two attached hydrogens (primary N) is 1. The summed E-state index contributed by atoms with van der Waals surface area (Å²) >= 11 is 1.35. The number of rotatable bonds is 10. The van der Waals surface area contributed by atoms with Gasteiger partial charge in [-0.15, -0.1) is 0 Å². The van der Waals surface area contributed by atoms with Gasteiger partial charge in [0.25, 0.3) is 0 Å². The van der Waals surface area contributed by atoms with E-state index in [1.807, 2.05) is 44.2 Å². The van der Waals surface area contributed by atoms with Crippen LogP contribution in [0.4, 0.5) is 5.69 Å². The molecule has 0 bridgehead atoms. The van der Waals surface area contributed by atoms with Gasteiger partial charge in [-0.2, -0.15) is 4.37 Å². The Hall–Kier alpha value is -3.30. The molecule has 8 nitrogen and oxygen atoms in total. The third-order valence-electron chi connectivity index (χ3n) is 5.83. The molecule has 34 heavy (non-hydrogen) atoms. The number of carbonyl (C=O) groups is 1. The maximum atomic E-state index is 12.7. The molecule has 1 amide bonds. The highest BCUT2D eigenvalue weighted by atomic mass is 32.1. The zero-order valence-corrected chi connectivity index (χ0v) is 21.1. The van der Waals surface area contributed by atoms with Crippen molar-refractivity contribution in [1.29, 1.82) is 0 Å². The first kappa shape index (κ1) is 25.3. The first-order valence-corrected chi connectivity index (χ1v) is 11.7. The number of amides is 1. The van der Waals surface area contributed by atoms with E-state index in [1.54, 1.807) is 34.6 Å². The Balaban J connectivity index is 2.03. The second-order valence-electron chi connectivity index (χ2n) is 7.80. The number of benzene rings is 2. The van der Waals surface area contributed by atoms with Crippen LogP contribution in [-0.2, 0) is 4.79 Å². The van der Waals surface area contributed by atoms with E-state index >= 15 is 0 Å². The number of hydrogen-bond acceptors (Lipinski definition) is 8. The molecule has 2 aromatic carbocycles. The lowest BCUT2D eigenvalue weighted by molar-refractivity contribution is -0.118. The van der Waals surface area contributed by atoms with Gasteiger partial charge in [0.05, 0.1) is 45.0 Å². The summed E-state index contributed by atoms with van der Waals surface area (Å²) in [4.78, 5) is 13.6. The summed E-state index contributed by atoms with van der Waals surface area (Å²) in [6.45, 7) is 3.96. The number of nitrogens with zero attached hydrogens (tertiary/aromatic N) is 1. The number of ether oxygens (including phenoxy) is 4. The van der Waals surface area contributed by atoms with Gasteiger partial charge < -0.3 is 30.0 Å². The molecule has 0 radical (unpaired) electrons. The first-order chi connectivity index (χ1) is 16.4. The molecule has 0 spiro atoms. The zero-order valence-electron chi connectivity index (χ0n) is 20.3. The van der Waals surface area contributed by atoms with E-state index in [4.69, 9.17) is 24.7 Å². The summed E-state index contributed by atoms with van der Waals surface area (Å²) < 4.78 is 26.3. The molecule has 1 unspecified atom stereocenters. The Kier molecular flexibility index (Phi) is 8.36. The van der Waals surface area contributed by atoms with Crippen LogP contribution in [0.5, 0.6) is 23.0 Å². The molecule has 0 aliphatic rings. The molecule has 9 heteroatoms. The molecular formula is C25H31N3O5S. The van der Waals surface area contributed by atoms with Crippen LogP contribution in [0.25, 0.3) is 21.6 Å². The fraction of sp³-hybridized carbons (Fsp3) is 0.360. The van der Waals surface area contributed by atoms with Gasteiger partial charge in [0.15, 0.2) is 11.5 Å². The Bertz CT molecular complexity index is 1120. The number of nitrogens with one attached hydrogen (secondary N) is 1. The normalized spacial score (nSPS) is 12.6. The zero-order chi connectivity index (χ0) is 24.8. The van der Waals surface area contributed by atoms with Crippen LogP contribution in [0.1, 0.15) is 20.3 Å². The standard InChI is InChI=1S/C25H31N3O5S/c1-7-14(2)22(26)25(29)28-18-10-15(8-9-19(18)30-3)17-13-27-34-24(17)16-11-20(31-4)23(33-6)21(12-16)32-5/h8-14,22H,7,26H2,1-6H3,(H,28,29)/t14?,22-/m1/s1. The SMILES string of the molecule is CCC(C)[C@@H](N)C(=O)Nc1cc(-c2cnsc2-c2cc(OC)c(OC)c(OC)c2)ccc1OC. The monoisotopic (exact) mass is 485 g/mol. The van der Waals surface area contributed by atoms with Crippen molar-refractivity contribution in [3.63, 3.8) is 0 Å². The van der Waals surface area contributed by atoms with Crippen molar-refractivity contribution in [2.24, 2.45) is 11.7 Å². The van der Waals surface area contributed by atoms with E-state index in [0.29, 0.717) is 28.7 Å². The fourth-order valence-corrected chi connectivity index (χ4v) is 4.32. The van der Waals surface area contributed by atoms with Crippen LogP contribution in [0.3, 0.4) is 0 Å². The quantitative estimate of drug-likeness (QED) is 0.424. The molecule has 0 aliphatic heterocycles. The summed E-state index contributed by atoms with van der Waals surface area (Å²) in [7, 11) is 6.29. The lowest BCUT2D eigenvalue weighted by Crippen LogP contribution is -2.40. The van der Waals surface area contributed by atoms with Gasteiger partial charge in [0, 0.05) is 17.3 Å². The van der Waals surface area contributed by atoms with Gasteiger partial charge in [-0.05, 0) is 47.3 Å². The predicted octanol–water partition coefficient (Wildman–Crippen LogP) is 4.82. The molecule has 0 aliphatic carbocycles. The average molecular weight is 486 g/mol. The van der Waals surface area contributed by atoms with Crippen molar-refractivity contribution in [2.45, 2.75) is 26.3 Å². The average Bonchev–Trinajstić information content (AvgIpc) is 3.36. The number of anilines is 1. The second kappa shape index (κ2) is 11.2. The van der Waals surface area contributed by atoms with Crippen LogP contribution in [0.2, 0.25) is 0 Å². The van der Waals surface area contributed by atoms with E-state index in [0.717, 1.165) is 28.0 Å². The van der Waals surface area contributed by atoms with Crippen LogP contribution in [0.15, 0.2) is 36.5 Å². The van der Waals surface area contributed by atoms with Crippen molar-refractivity contribution in [2.75, 3.05) is 33.8 Å². The lowest BCUT2D eigenvalue weighted by Gasteiger charge is -2.19. The molecule has 3 aromatic rings. The number of aromatic nitrogens is 1. The van der Waals surface area contributed by atoms with Crippen LogP contribution in [0, 0.1) is 5.92 Å². The molecule has 1 heterocycles. The molecule has 0 fully saturated rings. The minimum absolute atomic E-state index is 0.0573. The largest absolute Gasteiger partial charge is 0.495 e. The molecule has 3 N–H and O–H groups in total. The highest BCUT2D eigenvalue weighted by Crippen LogP contribution is 2.45. The number of hydrogen-bond donors (Lipinski definition) is 2. The Labute approximate surface area is 204 Å². The van der Waals surface area contributed by atoms with Gasteiger partial charge in [-0.25, -0.2) is 0 Å².